The maximum atomic E-state index is 5.59. The van der Waals surface area contributed by atoms with Crippen molar-refractivity contribution in [1.29, 1.82) is 0 Å². The van der Waals surface area contributed by atoms with Crippen molar-refractivity contribution in [3.05, 3.63) is 53.9 Å². The number of hydrogen-bond acceptors (Lipinski definition) is 4. The minimum Gasteiger partial charge on any atom is -0.496 e. The number of aromatic nitrogens is 1. The van der Waals surface area contributed by atoms with Crippen LogP contribution in [0, 0.1) is 6.92 Å². The van der Waals surface area contributed by atoms with Crippen LogP contribution in [-0.2, 0) is 6.54 Å². The Labute approximate surface area is 166 Å². The van der Waals surface area contributed by atoms with Crippen molar-refractivity contribution < 1.29 is 9.47 Å². The molecule has 0 unspecified atom stereocenters. The number of rotatable bonds is 7. The van der Waals surface area contributed by atoms with Crippen molar-refractivity contribution in [2.75, 3.05) is 27.3 Å². The van der Waals surface area contributed by atoms with Gasteiger partial charge in [-0.25, -0.2) is 0 Å². The molecule has 1 aromatic heterocycles. The molecule has 2 N–H and O–H groups in total. The molecule has 0 aliphatic rings. The fourth-order valence-electron chi connectivity index (χ4n) is 2.17. The zero-order valence-electron chi connectivity index (χ0n) is 14.8. The Morgan fingerprint density at radius 2 is 2.08 bits per heavy atom. The number of aliphatic imine (C=N–C) groups is 1. The number of halogens is 1. The summed E-state index contributed by atoms with van der Waals surface area (Å²) in [6.45, 7) is 3.84. The van der Waals surface area contributed by atoms with Gasteiger partial charge in [0.1, 0.15) is 18.1 Å². The monoisotopic (exact) mass is 456 g/mol. The van der Waals surface area contributed by atoms with Gasteiger partial charge in [0.05, 0.1) is 19.9 Å². The first-order valence-corrected chi connectivity index (χ1v) is 7.84. The number of pyridine rings is 1. The SMILES string of the molecule is CN=C(NCCOc1cccnc1)NCc1ccc(C)cc1OC.I. The number of guanidine groups is 1. The summed E-state index contributed by atoms with van der Waals surface area (Å²) in [6, 6.07) is 9.87. The third-order valence-corrected chi connectivity index (χ3v) is 3.41. The molecular formula is C18H25IN4O2. The van der Waals surface area contributed by atoms with Gasteiger partial charge in [-0.15, -0.1) is 24.0 Å². The summed E-state index contributed by atoms with van der Waals surface area (Å²) in [5.74, 6) is 2.34. The molecule has 7 heteroatoms. The molecule has 0 atom stereocenters. The van der Waals surface area contributed by atoms with E-state index < -0.39 is 0 Å². The van der Waals surface area contributed by atoms with Gasteiger partial charge in [-0.2, -0.15) is 0 Å². The molecule has 0 radical (unpaired) electrons. The largest absolute Gasteiger partial charge is 0.496 e. The van der Waals surface area contributed by atoms with E-state index in [0.717, 1.165) is 17.1 Å². The van der Waals surface area contributed by atoms with Crippen molar-refractivity contribution in [3.63, 3.8) is 0 Å². The smallest absolute Gasteiger partial charge is 0.191 e. The number of aryl methyl sites for hydroxylation is 1. The summed E-state index contributed by atoms with van der Waals surface area (Å²) < 4.78 is 11.0. The molecule has 0 aliphatic carbocycles. The minimum absolute atomic E-state index is 0. The Bertz CT molecular complexity index is 665. The van der Waals surface area contributed by atoms with Crippen LogP contribution in [0.1, 0.15) is 11.1 Å². The van der Waals surface area contributed by atoms with Gasteiger partial charge in [0.2, 0.25) is 0 Å². The fourth-order valence-corrected chi connectivity index (χ4v) is 2.17. The molecule has 2 rings (SSSR count). The van der Waals surface area contributed by atoms with Crippen molar-refractivity contribution in [2.45, 2.75) is 13.5 Å². The molecule has 0 saturated heterocycles. The normalized spacial score (nSPS) is 10.6. The van der Waals surface area contributed by atoms with Crippen LogP contribution in [0.25, 0.3) is 0 Å². The molecule has 0 fully saturated rings. The van der Waals surface area contributed by atoms with E-state index in [2.05, 4.69) is 32.7 Å². The van der Waals surface area contributed by atoms with E-state index in [1.165, 1.54) is 5.56 Å². The average Bonchev–Trinajstić information content (AvgIpc) is 2.62. The quantitative estimate of drug-likeness (QED) is 0.290. The molecule has 6 nitrogen and oxygen atoms in total. The standard InChI is InChI=1S/C18H24N4O2.HI/c1-14-6-7-15(17(11-14)23-3)12-22-18(19-2)21-9-10-24-16-5-4-8-20-13-16;/h4-8,11,13H,9-10,12H2,1-3H3,(H2,19,21,22);1H. The summed E-state index contributed by atoms with van der Waals surface area (Å²) >= 11 is 0. The lowest BCUT2D eigenvalue weighted by atomic mass is 10.1. The Kier molecular flexibility index (Phi) is 9.68. The van der Waals surface area contributed by atoms with Gasteiger partial charge in [0.25, 0.3) is 0 Å². The number of hydrogen-bond donors (Lipinski definition) is 2. The van der Waals surface area contributed by atoms with E-state index in [1.807, 2.05) is 25.1 Å². The predicted octanol–water partition coefficient (Wildman–Crippen LogP) is 2.76. The topological polar surface area (TPSA) is 67.8 Å². The number of ether oxygens (including phenoxy) is 2. The fraction of sp³-hybridized carbons (Fsp3) is 0.333. The van der Waals surface area contributed by atoms with Gasteiger partial charge in [0, 0.05) is 25.4 Å². The molecule has 0 saturated carbocycles. The van der Waals surface area contributed by atoms with Crippen LogP contribution in [-0.4, -0.2) is 38.3 Å². The zero-order chi connectivity index (χ0) is 17.2. The van der Waals surface area contributed by atoms with Gasteiger partial charge in [0.15, 0.2) is 5.96 Å². The van der Waals surface area contributed by atoms with Gasteiger partial charge < -0.3 is 20.1 Å². The zero-order valence-corrected chi connectivity index (χ0v) is 17.1. The lowest BCUT2D eigenvalue weighted by molar-refractivity contribution is 0.320. The predicted molar refractivity (Wildman–Crippen MR) is 111 cm³/mol. The van der Waals surface area contributed by atoms with Crippen LogP contribution >= 0.6 is 24.0 Å². The maximum Gasteiger partial charge on any atom is 0.191 e. The lowest BCUT2D eigenvalue weighted by Gasteiger charge is -2.14. The summed E-state index contributed by atoms with van der Waals surface area (Å²) in [5.41, 5.74) is 2.25. The second-order valence-electron chi connectivity index (χ2n) is 5.21. The summed E-state index contributed by atoms with van der Waals surface area (Å²) in [5, 5.41) is 6.48. The second-order valence-corrected chi connectivity index (χ2v) is 5.21. The third-order valence-electron chi connectivity index (χ3n) is 3.41. The number of nitrogens with zero attached hydrogens (tertiary/aromatic N) is 2. The highest BCUT2D eigenvalue weighted by atomic mass is 127. The lowest BCUT2D eigenvalue weighted by Crippen LogP contribution is -2.38. The molecule has 0 spiro atoms. The van der Waals surface area contributed by atoms with E-state index in [1.54, 1.807) is 26.6 Å². The average molecular weight is 456 g/mol. The highest BCUT2D eigenvalue weighted by Crippen LogP contribution is 2.19. The first kappa shape index (κ1) is 21.0. The summed E-state index contributed by atoms with van der Waals surface area (Å²) in [7, 11) is 3.42. The Hall–Kier alpha value is -2.03. The second kappa shape index (κ2) is 11.5. The molecule has 1 aromatic carbocycles. The number of benzene rings is 1. The van der Waals surface area contributed by atoms with E-state index in [0.29, 0.717) is 25.7 Å². The van der Waals surface area contributed by atoms with Gasteiger partial charge in [-0.1, -0.05) is 12.1 Å². The van der Waals surface area contributed by atoms with Crippen molar-refractivity contribution in [2.24, 2.45) is 4.99 Å². The minimum atomic E-state index is 0. The highest BCUT2D eigenvalue weighted by Gasteiger charge is 2.04. The Balaban J connectivity index is 0.00000312. The van der Waals surface area contributed by atoms with Gasteiger partial charge in [-0.3, -0.25) is 9.98 Å². The van der Waals surface area contributed by atoms with Gasteiger partial charge >= 0.3 is 0 Å². The third kappa shape index (κ3) is 7.16. The van der Waals surface area contributed by atoms with E-state index in [4.69, 9.17) is 9.47 Å². The van der Waals surface area contributed by atoms with Crippen LogP contribution in [0.2, 0.25) is 0 Å². The Morgan fingerprint density at radius 3 is 2.76 bits per heavy atom. The van der Waals surface area contributed by atoms with Crippen LogP contribution in [0.15, 0.2) is 47.7 Å². The van der Waals surface area contributed by atoms with E-state index >= 15 is 0 Å². The molecule has 136 valence electrons. The van der Waals surface area contributed by atoms with Crippen LogP contribution in [0.4, 0.5) is 0 Å². The first-order valence-electron chi connectivity index (χ1n) is 7.84. The molecule has 0 bridgehead atoms. The molecule has 1 heterocycles. The molecule has 0 aliphatic heterocycles. The highest BCUT2D eigenvalue weighted by molar-refractivity contribution is 14.0. The van der Waals surface area contributed by atoms with Crippen LogP contribution in [0.3, 0.4) is 0 Å². The maximum absolute atomic E-state index is 5.59. The van der Waals surface area contributed by atoms with Crippen molar-refractivity contribution >= 4 is 29.9 Å². The first-order chi connectivity index (χ1) is 11.7. The summed E-state index contributed by atoms with van der Waals surface area (Å²) in [4.78, 5) is 8.21. The van der Waals surface area contributed by atoms with E-state index in [-0.39, 0.29) is 24.0 Å². The van der Waals surface area contributed by atoms with Crippen molar-refractivity contribution in [3.8, 4) is 11.5 Å². The Morgan fingerprint density at radius 1 is 1.24 bits per heavy atom. The molecule has 0 amide bonds. The molecular weight excluding hydrogens is 431 g/mol. The number of methoxy groups -OCH3 is 1. The van der Waals surface area contributed by atoms with E-state index in [9.17, 15) is 0 Å². The van der Waals surface area contributed by atoms with Crippen LogP contribution < -0.4 is 20.1 Å². The number of nitrogens with one attached hydrogen (secondary N) is 2. The molecule has 25 heavy (non-hydrogen) atoms. The summed E-state index contributed by atoms with van der Waals surface area (Å²) in [6.07, 6.45) is 3.41. The van der Waals surface area contributed by atoms with Crippen LogP contribution in [0.5, 0.6) is 11.5 Å². The molecule has 2 aromatic rings. The van der Waals surface area contributed by atoms with Gasteiger partial charge in [-0.05, 0) is 30.7 Å². The van der Waals surface area contributed by atoms with Crippen molar-refractivity contribution in [1.82, 2.24) is 15.6 Å².